The molecule has 1 N–H and O–H groups in total. The van der Waals surface area contributed by atoms with Crippen molar-refractivity contribution in [2.24, 2.45) is 0 Å². The van der Waals surface area contributed by atoms with Gasteiger partial charge in [0.25, 0.3) is 5.91 Å². The fourth-order valence-electron chi connectivity index (χ4n) is 2.41. The average Bonchev–Trinajstić information content (AvgIpc) is 2.65. The van der Waals surface area contributed by atoms with Crippen molar-refractivity contribution in [2.45, 2.75) is 13.0 Å². The lowest BCUT2D eigenvalue weighted by atomic mass is 10.1. The molecular weight excluding hydrogens is 317 g/mol. The summed E-state index contributed by atoms with van der Waals surface area (Å²) in [5, 5.41) is 2.53. The van der Waals surface area contributed by atoms with Gasteiger partial charge in [-0.3, -0.25) is 4.79 Å². The van der Waals surface area contributed by atoms with E-state index in [-0.39, 0.29) is 5.69 Å². The molecule has 3 nitrogen and oxygen atoms in total. The molecule has 0 radical (unpaired) electrons. The van der Waals surface area contributed by atoms with Gasteiger partial charge in [0, 0.05) is 0 Å². The predicted molar refractivity (Wildman–Crippen MR) is 97.0 cm³/mol. The number of rotatable bonds is 5. The summed E-state index contributed by atoms with van der Waals surface area (Å²) >= 11 is 0. The van der Waals surface area contributed by atoms with Crippen LogP contribution in [0.1, 0.15) is 6.92 Å². The number of carbonyl (C=O) groups is 1. The molecule has 0 saturated carbocycles. The standard InChI is InChI=1S/C21H18FNO2/c1-15(21(24)23-20-10-6-5-9-19(20)22)25-18-13-11-17(12-14-18)16-7-3-2-4-8-16/h2-15H,1H3,(H,23,24)/t15-/m1/s1. The van der Waals surface area contributed by atoms with Crippen molar-refractivity contribution in [3.05, 3.63) is 84.7 Å². The highest BCUT2D eigenvalue weighted by atomic mass is 19.1. The summed E-state index contributed by atoms with van der Waals surface area (Å²) in [5.41, 5.74) is 2.32. The van der Waals surface area contributed by atoms with Crippen LogP contribution in [0.2, 0.25) is 0 Å². The number of benzene rings is 3. The quantitative estimate of drug-likeness (QED) is 0.720. The molecule has 0 aromatic heterocycles. The van der Waals surface area contributed by atoms with E-state index in [4.69, 9.17) is 4.74 Å². The van der Waals surface area contributed by atoms with E-state index in [1.807, 2.05) is 54.6 Å². The molecule has 0 fully saturated rings. The molecule has 1 atom stereocenters. The molecule has 0 aliphatic carbocycles. The van der Waals surface area contributed by atoms with E-state index in [9.17, 15) is 9.18 Å². The largest absolute Gasteiger partial charge is 0.481 e. The second kappa shape index (κ2) is 7.62. The van der Waals surface area contributed by atoms with Crippen LogP contribution in [0.25, 0.3) is 11.1 Å². The average molecular weight is 335 g/mol. The Morgan fingerprint density at radius 2 is 1.48 bits per heavy atom. The van der Waals surface area contributed by atoms with Gasteiger partial charge in [-0.1, -0.05) is 54.6 Å². The zero-order valence-electron chi connectivity index (χ0n) is 13.8. The highest BCUT2D eigenvalue weighted by Gasteiger charge is 2.16. The third-order valence-corrected chi connectivity index (χ3v) is 3.78. The highest BCUT2D eigenvalue weighted by Crippen LogP contribution is 2.23. The van der Waals surface area contributed by atoms with Crippen molar-refractivity contribution >= 4 is 11.6 Å². The molecule has 4 heteroatoms. The van der Waals surface area contributed by atoms with Crippen molar-refractivity contribution in [3.63, 3.8) is 0 Å². The highest BCUT2D eigenvalue weighted by molar-refractivity contribution is 5.94. The first-order valence-corrected chi connectivity index (χ1v) is 8.01. The Kier molecular flexibility index (Phi) is 5.09. The molecule has 0 saturated heterocycles. The minimum absolute atomic E-state index is 0.141. The number of hydrogen-bond acceptors (Lipinski definition) is 2. The third-order valence-electron chi connectivity index (χ3n) is 3.78. The van der Waals surface area contributed by atoms with Gasteiger partial charge in [-0.05, 0) is 42.3 Å². The van der Waals surface area contributed by atoms with Crippen LogP contribution in [0, 0.1) is 5.82 Å². The molecule has 0 bridgehead atoms. The monoisotopic (exact) mass is 335 g/mol. The maximum absolute atomic E-state index is 13.6. The van der Waals surface area contributed by atoms with Crippen LogP contribution >= 0.6 is 0 Å². The molecule has 0 heterocycles. The van der Waals surface area contributed by atoms with Gasteiger partial charge in [0.05, 0.1) is 5.69 Å². The fourth-order valence-corrected chi connectivity index (χ4v) is 2.41. The summed E-state index contributed by atoms with van der Waals surface area (Å²) in [6, 6.07) is 23.5. The molecule has 0 aliphatic heterocycles. The van der Waals surface area contributed by atoms with Gasteiger partial charge >= 0.3 is 0 Å². The summed E-state index contributed by atoms with van der Waals surface area (Å²) in [7, 11) is 0. The molecule has 0 aliphatic rings. The van der Waals surface area contributed by atoms with E-state index in [0.717, 1.165) is 11.1 Å². The van der Waals surface area contributed by atoms with E-state index >= 15 is 0 Å². The minimum Gasteiger partial charge on any atom is -0.481 e. The number of ether oxygens (including phenoxy) is 1. The number of amides is 1. The smallest absolute Gasteiger partial charge is 0.265 e. The molecule has 3 aromatic carbocycles. The van der Waals surface area contributed by atoms with Gasteiger partial charge in [0.1, 0.15) is 11.6 Å². The molecule has 1 amide bonds. The number of hydrogen-bond donors (Lipinski definition) is 1. The molecule has 126 valence electrons. The predicted octanol–water partition coefficient (Wildman–Crippen LogP) is 4.90. The van der Waals surface area contributed by atoms with Crippen molar-refractivity contribution in [3.8, 4) is 16.9 Å². The number of nitrogens with one attached hydrogen (secondary N) is 1. The van der Waals surface area contributed by atoms with E-state index < -0.39 is 17.8 Å². The topological polar surface area (TPSA) is 38.3 Å². The van der Waals surface area contributed by atoms with Gasteiger partial charge in [-0.15, -0.1) is 0 Å². The first-order chi connectivity index (χ1) is 12.1. The van der Waals surface area contributed by atoms with Crippen molar-refractivity contribution in [1.29, 1.82) is 0 Å². The Labute approximate surface area is 146 Å². The van der Waals surface area contributed by atoms with E-state index in [1.165, 1.54) is 12.1 Å². The number of halogens is 1. The summed E-state index contributed by atoms with van der Waals surface area (Å²) in [5.74, 6) is -0.302. The third kappa shape index (κ3) is 4.23. The maximum atomic E-state index is 13.6. The van der Waals surface area contributed by atoms with Crippen molar-refractivity contribution in [2.75, 3.05) is 5.32 Å². The van der Waals surface area contributed by atoms with Gasteiger partial charge in [0.15, 0.2) is 6.10 Å². The molecule has 3 rings (SSSR count). The molecule has 3 aromatic rings. The Hall–Kier alpha value is -3.14. The molecule has 0 spiro atoms. The van der Waals surface area contributed by atoms with Crippen LogP contribution in [-0.2, 0) is 4.79 Å². The van der Waals surface area contributed by atoms with Crippen LogP contribution in [0.15, 0.2) is 78.9 Å². The normalized spacial score (nSPS) is 11.6. The van der Waals surface area contributed by atoms with Gasteiger partial charge < -0.3 is 10.1 Å². The summed E-state index contributed by atoms with van der Waals surface area (Å²) in [4.78, 5) is 12.2. The summed E-state index contributed by atoms with van der Waals surface area (Å²) < 4.78 is 19.2. The van der Waals surface area contributed by atoms with Crippen LogP contribution in [0.3, 0.4) is 0 Å². The lowest BCUT2D eigenvalue weighted by Crippen LogP contribution is -2.30. The van der Waals surface area contributed by atoms with Crippen molar-refractivity contribution in [1.82, 2.24) is 0 Å². The minimum atomic E-state index is -0.748. The lowest BCUT2D eigenvalue weighted by molar-refractivity contribution is -0.122. The van der Waals surface area contributed by atoms with Gasteiger partial charge in [0.2, 0.25) is 0 Å². The second-order valence-electron chi connectivity index (χ2n) is 5.62. The summed E-state index contributed by atoms with van der Waals surface area (Å²) in [6.45, 7) is 1.63. The molecule has 25 heavy (non-hydrogen) atoms. The van der Waals surface area contributed by atoms with Crippen LogP contribution in [0.4, 0.5) is 10.1 Å². The SMILES string of the molecule is C[C@@H](Oc1ccc(-c2ccccc2)cc1)C(=O)Nc1ccccc1F. The fraction of sp³-hybridized carbons (Fsp3) is 0.0952. The van der Waals surface area contributed by atoms with Crippen molar-refractivity contribution < 1.29 is 13.9 Å². The van der Waals surface area contributed by atoms with E-state index in [1.54, 1.807) is 19.1 Å². The first kappa shape index (κ1) is 16.7. The number of carbonyl (C=O) groups excluding carboxylic acids is 1. The Morgan fingerprint density at radius 1 is 0.880 bits per heavy atom. The zero-order valence-corrected chi connectivity index (χ0v) is 13.8. The Balaban J connectivity index is 1.63. The van der Waals surface area contributed by atoms with Crippen LogP contribution in [0.5, 0.6) is 5.75 Å². The summed E-state index contributed by atoms with van der Waals surface area (Å²) in [6.07, 6.45) is -0.748. The Bertz CT molecular complexity index is 847. The second-order valence-corrected chi connectivity index (χ2v) is 5.62. The number of para-hydroxylation sites is 1. The first-order valence-electron chi connectivity index (χ1n) is 8.01. The lowest BCUT2D eigenvalue weighted by Gasteiger charge is -2.15. The van der Waals surface area contributed by atoms with E-state index in [0.29, 0.717) is 5.75 Å². The Morgan fingerprint density at radius 3 is 2.16 bits per heavy atom. The van der Waals surface area contributed by atoms with E-state index in [2.05, 4.69) is 5.32 Å². The number of anilines is 1. The van der Waals surface area contributed by atoms with Crippen LogP contribution in [-0.4, -0.2) is 12.0 Å². The van der Waals surface area contributed by atoms with Gasteiger partial charge in [-0.2, -0.15) is 0 Å². The van der Waals surface area contributed by atoms with Gasteiger partial charge in [-0.25, -0.2) is 4.39 Å². The molecular formula is C21H18FNO2. The maximum Gasteiger partial charge on any atom is 0.265 e. The zero-order chi connectivity index (χ0) is 17.6. The molecule has 0 unspecified atom stereocenters. The van der Waals surface area contributed by atoms with Crippen LogP contribution < -0.4 is 10.1 Å².